The van der Waals surface area contributed by atoms with E-state index in [0.717, 1.165) is 19.3 Å². The van der Waals surface area contributed by atoms with Crippen LogP contribution in [0.15, 0.2) is 12.2 Å². The largest absolute Gasteiger partial charge is 0.272 e. The molecule has 1 aliphatic heterocycles. The molecule has 0 aromatic heterocycles. The third kappa shape index (κ3) is 2.09. The lowest BCUT2D eigenvalue weighted by atomic mass is 9.94. The van der Waals surface area contributed by atoms with E-state index in [1.807, 2.05) is 11.8 Å². The lowest BCUT2D eigenvalue weighted by molar-refractivity contribution is -0.140. The van der Waals surface area contributed by atoms with Gasteiger partial charge in [-0.25, -0.2) is 0 Å². The number of hydrogen-bond acceptors (Lipinski definition) is 3. The summed E-state index contributed by atoms with van der Waals surface area (Å²) in [4.78, 5) is 24.4. The molecule has 2 rings (SSSR count). The van der Waals surface area contributed by atoms with Gasteiger partial charge in [0.05, 0.1) is 0 Å². The van der Waals surface area contributed by atoms with Gasteiger partial charge in [-0.05, 0) is 25.5 Å². The van der Waals surface area contributed by atoms with Crippen LogP contribution in [0.1, 0.15) is 25.7 Å². The highest BCUT2D eigenvalue weighted by atomic mass is 32.2. The third-order valence-corrected chi connectivity index (χ3v) is 4.24. The zero-order valence-electron chi connectivity index (χ0n) is 8.81. The van der Waals surface area contributed by atoms with Crippen LogP contribution in [0, 0.1) is 0 Å². The Morgan fingerprint density at radius 3 is 2.53 bits per heavy atom. The lowest BCUT2D eigenvalue weighted by Crippen LogP contribution is -2.43. The molecule has 15 heavy (non-hydrogen) atoms. The molecule has 1 heterocycles. The molecule has 2 amide bonds. The molecular weight excluding hydrogens is 210 g/mol. The highest BCUT2D eigenvalue weighted by molar-refractivity contribution is 7.99. The molecule has 0 bridgehead atoms. The van der Waals surface area contributed by atoms with Crippen LogP contribution >= 0.6 is 11.8 Å². The number of amides is 2. The van der Waals surface area contributed by atoms with Crippen molar-refractivity contribution in [3.8, 4) is 0 Å². The molecule has 1 aliphatic carbocycles. The van der Waals surface area contributed by atoms with Crippen LogP contribution in [-0.2, 0) is 9.59 Å². The summed E-state index contributed by atoms with van der Waals surface area (Å²) in [6, 6.07) is 0.131. The maximum Gasteiger partial charge on any atom is 0.253 e. The second kappa shape index (κ2) is 4.39. The van der Waals surface area contributed by atoms with E-state index in [9.17, 15) is 9.59 Å². The summed E-state index contributed by atoms with van der Waals surface area (Å²) in [6.07, 6.45) is 9.11. The van der Waals surface area contributed by atoms with Crippen molar-refractivity contribution in [2.24, 2.45) is 0 Å². The van der Waals surface area contributed by atoms with Gasteiger partial charge in [-0.2, -0.15) is 11.8 Å². The fraction of sp³-hybridized carbons (Fsp3) is 0.636. The standard InChI is InChI=1S/C11H15NO2S/c1-15-9-4-2-3-8(7-9)12-10(13)5-6-11(12)14/h5-6,8-9H,2-4,7H2,1H3. The van der Waals surface area contributed by atoms with E-state index in [-0.39, 0.29) is 17.9 Å². The predicted molar refractivity (Wildman–Crippen MR) is 60.6 cm³/mol. The molecule has 1 fully saturated rings. The van der Waals surface area contributed by atoms with E-state index in [2.05, 4.69) is 6.26 Å². The van der Waals surface area contributed by atoms with Crippen molar-refractivity contribution in [3.05, 3.63) is 12.2 Å². The second-order valence-electron chi connectivity index (χ2n) is 4.06. The Morgan fingerprint density at radius 1 is 1.27 bits per heavy atom. The van der Waals surface area contributed by atoms with E-state index in [1.54, 1.807) is 0 Å². The number of carbonyl (C=O) groups excluding carboxylic acids is 2. The minimum Gasteiger partial charge on any atom is -0.272 e. The van der Waals surface area contributed by atoms with Crippen LogP contribution in [0.4, 0.5) is 0 Å². The van der Waals surface area contributed by atoms with E-state index >= 15 is 0 Å². The molecule has 0 spiro atoms. The number of thioether (sulfide) groups is 1. The van der Waals surface area contributed by atoms with Gasteiger partial charge in [0.2, 0.25) is 0 Å². The van der Waals surface area contributed by atoms with Crippen molar-refractivity contribution < 1.29 is 9.59 Å². The van der Waals surface area contributed by atoms with Gasteiger partial charge in [0.15, 0.2) is 0 Å². The zero-order chi connectivity index (χ0) is 10.8. The Balaban J connectivity index is 2.04. The Bertz CT molecular complexity index is 296. The van der Waals surface area contributed by atoms with Gasteiger partial charge in [0.1, 0.15) is 0 Å². The number of carbonyl (C=O) groups is 2. The third-order valence-electron chi connectivity index (χ3n) is 3.14. The van der Waals surface area contributed by atoms with Crippen molar-refractivity contribution in [2.75, 3.05) is 6.26 Å². The van der Waals surface area contributed by atoms with Crippen molar-refractivity contribution in [1.82, 2.24) is 4.90 Å². The van der Waals surface area contributed by atoms with Gasteiger partial charge in [-0.15, -0.1) is 0 Å². The lowest BCUT2D eigenvalue weighted by Gasteiger charge is -2.33. The average Bonchev–Trinajstić information content (AvgIpc) is 2.59. The smallest absolute Gasteiger partial charge is 0.253 e. The first kappa shape index (κ1) is 10.7. The van der Waals surface area contributed by atoms with Gasteiger partial charge in [-0.3, -0.25) is 14.5 Å². The highest BCUT2D eigenvalue weighted by Gasteiger charge is 2.34. The van der Waals surface area contributed by atoms with Gasteiger partial charge in [0, 0.05) is 23.4 Å². The van der Waals surface area contributed by atoms with Crippen LogP contribution in [0.25, 0.3) is 0 Å². The minimum absolute atomic E-state index is 0.131. The van der Waals surface area contributed by atoms with Crippen LogP contribution in [-0.4, -0.2) is 34.3 Å². The summed E-state index contributed by atoms with van der Waals surface area (Å²) in [6.45, 7) is 0. The number of rotatable bonds is 2. The first-order valence-corrected chi connectivity index (χ1v) is 6.59. The monoisotopic (exact) mass is 225 g/mol. The molecule has 3 nitrogen and oxygen atoms in total. The van der Waals surface area contributed by atoms with Crippen LogP contribution < -0.4 is 0 Å². The second-order valence-corrected chi connectivity index (χ2v) is 5.20. The summed E-state index contributed by atoms with van der Waals surface area (Å²) in [7, 11) is 0. The van der Waals surface area contributed by atoms with Crippen molar-refractivity contribution >= 4 is 23.6 Å². The molecule has 2 atom stereocenters. The summed E-state index contributed by atoms with van der Waals surface area (Å²) in [5, 5.41) is 0.602. The fourth-order valence-electron chi connectivity index (χ4n) is 2.34. The summed E-state index contributed by atoms with van der Waals surface area (Å²) in [5.41, 5.74) is 0. The van der Waals surface area contributed by atoms with E-state index in [4.69, 9.17) is 0 Å². The maximum atomic E-state index is 11.5. The Kier molecular flexibility index (Phi) is 3.14. The molecule has 0 aromatic rings. The summed E-state index contributed by atoms with van der Waals surface area (Å²) in [5.74, 6) is -0.265. The van der Waals surface area contributed by atoms with Crippen molar-refractivity contribution in [3.63, 3.8) is 0 Å². The van der Waals surface area contributed by atoms with Crippen LogP contribution in [0.3, 0.4) is 0 Å². The highest BCUT2D eigenvalue weighted by Crippen LogP contribution is 2.30. The molecule has 0 saturated heterocycles. The minimum atomic E-state index is -0.133. The van der Waals surface area contributed by atoms with Crippen molar-refractivity contribution in [1.29, 1.82) is 0 Å². The van der Waals surface area contributed by atoms with Gasteiger partial charge in [0.25, 0.3) is 11.8 Å². The Morgan fingerprint density at radius 2 is 1.93 bits per heavy atom. The summed E-state index contributed by atoms with van der Waals surface area (Å²) >= 11 is 1.84. The molecule has 4 heteroatoms. The maximum absolute atomic E-state index is 11.5. The van der Waals surface area contributed by atoms with Crippen molar-refractivity contribution in [2.45, 2.75) is 37.0 Å². The molecule has 82 valence electrons. The van der Waals surface area contributed by atoms with Gasteiger partial charge < -0.3 is 0 Å². The molecule has 0 radical (unpaired) electrons. The Labute approximate surface area is 93.9 Å². The average molecular weight is 225 g/mol. The number of hydrogen-bond donors (Lipinski definition) is 0. The molecule has 0 aromatic carbocycles. The topological polar surface area (TPSA) is 37.4 Å². The molecule has 1 saturated carbocycles. The first-order valence-electron chi connectivity index (χ1n) is 5.30. The summed E-state index contributed by atoms with van der Waals surface area (Å²) < 4.78 is 0. The molecule has 2 aliphatic rings. The Hall–Kier alpha value is -0.770. The normalized spacial score (nSPS) is 31.4. The van der Waals surface area contributed by atoms with Crippen LogP contribution in [0.2, 0.25) is 0 Å². The van der Waals surface area contributed by atoms with E-state index < -0.39 is 0 Å². The van der Waals surface area contributed by atoms with E-state index in [0.29, 0.717) is 5.25 Å². The predicted octanol–water partition coefficient (Wildman–Crippen LogP) is 1.59. The van der Waals surface area contributed by atoms with E-state index in [1.165, 1.54) is 23.5 Å². The first-order chi connectivity index (χ1) is 7.22. The molecule has 2 unspecified atom stereocenters. The number of imide groups is 1. The van der Waals surface area contributed by atoms with Crippen LogP contribution in [0.5, 0.6) is 0 Å². The zero-order valence-corrected chi connectivity index (χ0v) is 9.63. The van der Waals surface area contributed by atoms with Gasteiger partial charge in [-0.1, -0.05) is 6.42 Å². The fourth-order valence-corrected chi connectivity index (χ4v) is 3.16. The van der Waals surface area contributed by atoms with Gasteiger partial charge >= 0.3 is 0 Å². The SMILES string of the molecule is CSC1CCCC(N2C(=O)C=CC2=O)C1. The number of nitrogens with zero attached hydrogens (tertiary/aromatic N) is 1. The molecular formula is C11H15NO2S. The quantitative estimate of drug-likeness (QED) is 0.670. The molecule has 0 N–H and O–H groups in total.